The molecule has 0 bridgehead atoms. The van der Waals surface area contributed by atoms with Gasteiger partial charge in [-0.1, -0.05) is 18.2 Å². The van der Waals surface area contributed by atoms with Crippen LogP contribution < -0.4 is 4.74 Å². The van der Waals surface area contributed by atoms with Crippen molar-refractivity contribution in [2.75, 3.05) is 0 Å². The molecule has 0 aromatic heterocycles. The second-order valence-electron chi connectivity index (χ2n) is 3.92. The zero-order chi connectivity index (χ0) is 13.8. The maximum absolute atomic E-state index is 13.6. The van der Waals surface area contributed by atoms with E-state index in [0.717, 1.165) is 0 Å². The Hall–Kier alpha value is -1.46. The van der Waals surface area contributed by atoms with Gasteiger partial charge in [-0.05, 0) is 39.7 Å². The molecular weight excluding hydrogens is 318 g/mol. The monoisotopic (exact) mass is 328 g/mol. The summed E-state index contributed by atoms with van der Waals surface area (Å²) in [4.78, 5) is 0. The fourth-order valence-corrected chi connectivity index (χ4v) is 2.05. The van der Waals surface area contributed by atoms with Crippen molar-refractivity contribution < 1.29 is 18.6 Å². The number of hydrogen-bond acceptors (Lipinski definition) is 2. The van der Waals surface area contributed by atoms with Crippen LogP contribution in [0, 0.1) is 11.6 Å². The van der Waals surface area contributed by atoms with Gasteiger partial charge in [0.1, 0.15) is 12.4 Å². The number of rotatable bonds is 4. The summed E-state index contributed by atoms with van der Waals surface area (Å²) in [6.07, 6.45) is 0. The standard InChI is InChI=1S/C14H11BrF2O2/c15-11-6-9(4-5-12(11)16)8-19-14-10(7-18)2-1-3-13(14)17/h1-6,18H,7-8H2. The number of aliphatic hydroxyl groups is 1. The quantitative estimate of drug-likeness (QED) is 0.925. The van der Waals surface area contributed by atoms with Crippen molar-refractivity contribution in [2.24, 2.45) is 0 Å². The molecule has 0 spiro atoms. The summed E-state index contributed by atoms with van der Waals surface area (Å²) in [6.45, 7) is -0.215. The van der Waals surface area contributed by atoms with Gasteiger partial charge in [-0.3, -0.25) is 0 Å². The van der Waals surface area contributed by atoms with E-state index in [9.17, 15) is 8.78 Å². The molecule has 100 valence electrons. The number of hydrogen-bond donors (Lipinski definition) is 1. The van der Waals surface area contributed by atoms with Crippen LogP contribution in [0.3, 0.4) is 0 Å². The topological polar surface area (TPSA) is 29.5 Å². The van der Waals surface area contributed by atoms with Crippen molar-refractivity contribution in [3.8, 4) is 5.75 Å². The molecule has 0 amide bonds. The molecule has 0 radical (unpaired) electrons. The van der Waals surface area contributed by atoms with E-state index < -0.39 is 5.82 Å². The van der Waals surface area contributed by atoms with Gasteiger partial charge in [0.25, 0.3) is 0 Å². The third-order valence-corrected chi connectivity index (χ3v) is 3.19. The summed E-state index contributed by atoms with van der Waals surface area (Å²) in [5, 5.41) is 9.12. The molecule has 2 rings (SSSR count). The minimum atomic E-state index is -0.535. The van der Waals surface area contributed by atoms with Crippen LogP contribution in [-0.2, 0) is 13.2 Å². The van der Waals surface area contributed by atoms with E-state index in [1.807, 2.05) is 0 Å². The first-order valence-corrected chi connectivity index (χ1v) is 6.36. The summed E-state index contributed by atoms with van der Waals surface area (Å²) in [7, 11) is 0. The Morgan fingerprint density at radius 3 is 2.58 bits per heavy atom. The van der Waals surface area contributed by atoms with Gasteiger partial charge in [0.05, 0.1) is 11.1 Å². The molecular formula is C14H11BrF2O2. The van der Waals surface area contributed by atoms with Crippen LogP contribution in [0.25, 0.3) is 0 Å². The van der Waals surface area contributed by atoms with Crippen molar-refractivity contribution >= 4 is 15.9 Å². The Kier molecular flexibility index (Phi) is 4.50. The van der Waals surface area contributed by atoms with Crippen LogP contribution in [0.1, 0.15) is 11.1 Å². The molecule has 2 nitrogen and oxygen atoms in total. The molecule has 0 aliphatic carbocycles. The maximum atomic E-state index is 13.6. The van der Waals surface area contributed by atoms with E-state index in [-0.39, 0.29) is 24.8 Å². The van der Waals surface area contributed by atoms with Gasteiger partial charge in [0.2, 0.25) is 0 Å². The number of halogens is 3. The van der Waals surface area contributed by atoms with Gasteiger partial charge >= 0.3 is 0 Å². The summed E-state index contributed by atoms with van der Waals surface area (Å²) >= 11 is 3.07. The van der Waals surface area contributed by atoms with Gasteiger partial charge in [0, 0.05) is 5.56 Å². The van der Waals surface area contributed by atoms with Crippen LogP contribution >= 0.6 is 15.9 Å². The predicted octanol–water partition coefficient (Wildman–Crippen LogP) is 3.80. The Morgan fingerprint density at radius 2 is 1.89 bits per heavy atom. The van der Waals surface area contributed by atoms with Crippen LogP contribution in [0.2, 0.25) is 0 Å². The molecule has 0 fully saturated rings. The van der Waals surface area contributed by atoms with Crippen molar-refractivity contribution in [2.45, 2.75) is 13.2 Å². The molecule has 0 unspecified atom stereocenters. The van der Waals surface area contributed by atoms with Crippen molar-refractivity contribution in [3.05, 3.63) is 63.6 Å². The number of ether oxygens (including phenoxy) is 1. The zero-order valence-electron chi connectivity index (χ0n) is 9.87. The molecule has 0 saturated heterocycles. The first-order valence-electron chi connectivity index (χ1n) is 5.57. The molecule has 2 aromatic carbocycles. The summed E-state index contributed by atoms with van der Waals surface area (Å²) in [5.74, 6) is -0.885. The van der Waals surface area contributed by atoms with E-state index in [2.05, 4.69) is 15.9 Å². The molecule has 2 aromatic rings. The lowest BCUT2D eigenvalue weighted by molar-refractivity contribution is 0.251. The Bertz CT molecular complexity index is 588. The Labute approximate surface area is 117 Å². The smallest absolute Gasteiger partial charge is 0.165 e. The summed E-state index contributed by atoms with van der Waals surface area (Å²) in [6, 6.07) is 8.77. The minimum absolute atomic E-state index is 0.0189. The molecule has 0 aliphatic rings. The Morgan fingerprint density at radius 1 is 1.11 bits per heavy atom. The number of aliphatic hydroxyl groups excluding tert-OH is 1. The molecule has 0 saturated carbocycles. The highest BCUT2D eigenvalue weighted by Gasteiger charge is 2.09. The molecule has 0 aliphatic heterocycles. The highest BCUT2D eigenvalue weighted by Crippen LogP contribution is 2.24. The third-order valence-electron chi connectivity index (χ3n) is 2.59. The van der Waals surface area contributed by atoms with Gasteiger partial charge in [-0.15, -0.1) is 0 Å². The number of para-hydroxylation sites is 1. The van der Waals surface area contributed by atoms with Gasteiger partial charge < -0.3 is 9.84 Å². The lowest BCUT2D eigenvalue weighted by Gasteiger charge is -2.11. The van der Waals surface area contributed by atoms with Gasteiger partial charge in [-0.2, -0.15) is 0 Å². The normalized spacial score (nSPS) is 10.5. The lowest BCUT2D eigenvalue weighted by Crippen LogP contribution is -2.01. The second kappa shape index (κ2) is 6.12. The van der Waals surface area contributed by atoms with Crippen LogP contribution in [0.4, 0.5) is 8.78 Å². The molecule has 19 heavy (non-hydrogen) atoms. The largest absolute Gasteiger partial charge is 0.485 e. The zero-order valence-corrected chi connectivity index (χ0v) is 11.5. The Balaban J connectivity index is 2.16. The fourth-order valence-electron chi connectivity index (χ4n) is 1.62. The van der Waals surface area contributed by atoms with Crippen LogP contribution in [0.5, 0.6) is 5.75 Å². The van der Waals surface area contributed by atoms with Crippen LogP contribution in [0.15, 0.2) is 40.9 Å². The second-order valence-corrected chi connectivity index (χ2v) is 4.78. The SMILES string of the molecule is OCc1cccc(F)c1OCc1ccc(F)c(Br)c1. The molecule has 5 heteroatoms. The predicted molar refractivity (Wildman–Crippen MR) is 70.8 cm³/mol. The van der Waals surface area contributed by atoms with E-state index >= 15 is 0 Å². The van der Waals surface area contributed by atoms with E-state index in [1.165, 1.54) is 18.2 Å². The first kappa shape index (κ1) is 14.0. The number of benzene rings is 2. The minimum Gasteiger partial charge on any atom is -0.485 e. The van der Waals surface area contributed by atoms with Crippen LogP contribution in [-0.4, -0.2) is 5.11 Å². The maximum Gasteiger partial charge on any atom is 0.165 e. The van der Waals surface area contributed by atoms with E-state index in [1.54, 1.807) is 18.2 Å². The van der Waals surface area contributed by atoms with Gasteiger partial charge in [0.15, 0.2) is 11.6 Å². The van der Waals surface area contributed by atoms with Crippen molar-refractivity contribution in [1.29, 1.82) is 0 Å². The average Bonchev–Trinajstić information content (AvgIpc) is 2.41. The lowest BCUT2D eigenvalue weighted by atomic mass is 10.2. The highest BCUT2D eigenvalue weighted by atomic mass is 79.9. The summed E-state index contributed by atoms with van der Waals surface area (Å²) < 4.78 is 32.3. The van der Waals surface area contributed by atoms with E-state index in [4.69, 9.17) is 9.84 Å². The third kappa shape index (κ3) is 3.30. The van der Waals surface area contributed by atoms with E-state index in [0.29, 0.717) is 15.6 Å². The first-order chi connectivity index (χ1) is 9.11. The van der Waals surface area contributed by atoms with Crippen molar-refractivity contribution in [1.82, 2.24) is 0 Å². The molecule has 1 N–H and O–H groups in total. The average molecular weight is 329 g/mol. The van der Waals surface area contributed by atoms with Gasteiger partial charge in [-0.25, -0.2) is 8.78 Å². The highest BCUT2D eigenvalue weighted by molar-refractivity contribution is 9.10. The summed E-state index contributed by atoms with van der Waals surface area (Å²) in [5.41, 5.74) is 1.07. The fraction of sp³-hybridized carbons (Fsp3) is 0.143. The molecule has 0 heterocycles. The molecule has 0 atom stereocenters. The van der Waals surface area contributed by atoms with Crippen molar-refractivity contribution in [3.63, 3.8) is 0 Å².